The highest BCUT2D eigenvalue weighted by molar-refractivity contribution is 4.87. The van der Waals surface area contributed by atoms with E-state index in [-0.39, 0.29) is 5.54 Å². The zero-order valence-electron chi connectivity index (χ0n) is 7.80. The maximum absolute atomic E-state index is 6.08. The molecule has 2 N–H and O–H groups in total. The second kappa shape index (κ2) is 3.09. The molecule has 1 aliphatic rings. The van der Waals surface area contributed by atoms with Gasteiger partial charge in [0.25, 0.3) is 0 Å². The Morgan fingerprint density at radius 2 is 1.45 bits per heavy atom. The van der Waals surface area contributed by atoms with Gasteiger partial charge in [0.2, 0.25) is 0 Å². The minimum Gasteiger partial charge on any atom is -0.323 e. The molecule has 1 rings (SSSR count). The van der Waals surface area contributed by atoms with E-state index in [9.17, 15) is 0 Å². The Kier molecular flexibility index (Phi) is 2.52. The highest BCUT2D eigenvalue weighted by Gasteiger charge is 2.25. The van der Waals surface area contributed by atoms with Gasteiger partial charge in [-0.3, -0.25) is 0 Å². The maximum Gasteiger partial charge on any atom is 0.0383 e. The fourth-order valence-electron chi connectivity index (χ4n) is 1.78. The summed E-state index contributed by atoms with van der Waals surface area (Å²) in [6, 6.07) is 0. The average molecular weight is 157 g/mol. The highest BCUT2D eigenvalue weighted by Crippen LogP contribution is 2.07. The van der Waals surface area contributed by atoms with Crippen molar-refractivity contribution in [3.8, 4) is 0 Å². The van der Waals surface area contributed by atoms with Gasteiger partial charge in [0.05, 0.1) is 0 Å². The van der Waals surface area contributed by atoms with Crippen molar-refractivity contribution in [3.63, 3.8) is 0 Å². The number of nitrogens with zero attached hydrogens (tertiary/aromatic N) is 2. The molecular formula is C8H19N3. The Hall–Kier alpha value is -0.120. The van der Waals surface area contributed by atoms with Crippen molar-refractivity contribution < 1.29 is 0 Å². The third-order valence-electron chi connectivity index (χ3n) is 2.13. The number of hydrogen-bond donors (Lipinski definition) is 1. The topological polar surface area (TPSA) is 32.5 Å². The molecule has 0 aliphatic carbocycles. The Morgan fingerprint density at radius 1 is 1.09 bits per heavy atom. The minimum atomic E-state index is -0.0417. The molecule has 0 unspecified atom stereocenters. The summed E-state index contributed by atoms with van der Waals surface area (Å²) in [5, 5.41) is 0. The number of rotatable bonds is 0. The molecule has 0 amide bonds. The van der Waals surface area contributed by atoms with Crippen LogP contribution < -0.4 is 5.73 Å². The van der Waals surface area contributed by atoms with E-state index in [0.29, 0.717) is 0 Å². The molecule has 0 aromatic rings. The van der Waals surface area contributed by atoms with E-state index in [1.165, 1.54) is 0 Å². The zero-order valence-corrected chi connectivity index (χ0v) is 7.80. The molecule has 1 aliphatic heterocycles. The Bertz CT molecular complexity index is 119. The van der Waals surface area contributed by atoms with E-state index >= 15 is 0 Å². The molecule has 0 radical (unpaired) electrons. The van der Waals surface area contributed by atoms with Crippen molar-refractivity contribution in [2.75, 3.05) is 40.3 Å². The summed E-state index contributed by atoms with van der Waals surface area (Å²) in [7, 11) is 4.26. The minimum absolute atomic E-state index is 0.0417. The smallest absolute Gasteiger partial charge is 0.0383 e. The summed E-state index contributed by atoms with van der Waals surface area (Å²) in [6.07, 6.45) is 0. The fraction of sp³-hybridized carbons (Fsp3) is 1.00. The molecular weight excluding hydrogens is 138 g/mol. The van der Waals surface area contributed by atoms with E-state index < -0.39 is 0 Å². The normalized spacial score (nSPS) is 28.4. The molecule has 0 spiro atoms. The average Bonchev–Trinajstić information content (AvgIpc) is 1.89. The van der Waals surface area contributed by atoms with Gasteiger partial charge in [-0.15, -0.1) is 0 Å². The zero-order chi connectivity index (χ0) is 8.48. The molecule has 0 bridgehead atoms. The van der Waals surface area contributed by atoms with Crippen molar-refractivity contribution in [1.82, 2.24) is 9.80 Å². The van der Waals surface area contributed by atoms with Crippen molar-refractivity contribution in [1.29, 1.82) is 0 Å². The van der Waals surface area contributed by atoms with Gasteiger partial charge in [-0.25, -0.2) is 0 Å². The maximum atomic E-state index is 6.08. The third kappa shape index (κ3) is 2.77. The Morgan fingerprint density at radius 3 is 1.82 bits per heavy atom. The molecule has 1 saturated heterocycles. The van der Waals surface area contributed by atoms with Gasteiger partial charge in [0, 0.05) is 31.7 Å². The fourth-order valence-corrected chi connectivity index (χ4v) is 1.78. The van der Waals surface area contributed by atoms with Crippen molar-refractivity contribution in [2.45, 2.75) is 12.5 Å². The van der Waals surface area contributed by atoms with Crippen LogP contribution in [0.4, 0.5) is 0 Å². The van der Waals surface area contributed by atoms with Crippen LogP contribution in [0.3, 0.4) is 0 Å². The van der Waals surface area contributed by atoms with Crippen molar-refractivity contribution in [3.05, 3.63) is 0 Å². The van der Waals surface area contributed by atoms with E-state index in [1.807, 2.05) is 0 Å². The van der Waals surface area contributed by atoms with Crippen LogP contribution in [0.25, 0.3) is 0 Å². The van der Waals surface area contributed by atoms with Crippen LogP contribution in [0, 0.1) is 0 Å². The summed E-state index contributed by atoms with van der Waals surface area (Å²) in [6.45, 7) is 6.37. The summed E-state index contributed by atoms with van der Waals surface area (Å²) < 4.78 is 0. The van der Waals surface area contributed by atoms with Crippen LogP contribution in [0.5, 0.6) is 0 Å². The highest BCUT2D eigenvalue weighted by atomic mass is 15.2. The number of nitrogens with two attached hydrogens (primary N) is 1. The van der Waals surface area contributed by atoms with Crippen molar-refractivity contribution in [2.24, 2.45) is 5.73 Å². The first kappa shape index (κ1) is 8.97. The van der Waals surface area contributed by atoms with Gasteiger partial charge >= 0.3 is 0 Å². The summed E-state index contributed by atoms with van der Waals surface area (Å²) in [5.74, 6) is 0. The Labute approximate surface area is 69.1 Å². The van der Waals surface area contributed by atoms with Gasteiger partial charge in [0.1, 0.15) is 0 Å². The second-order valence-corrected chi connectivity index (χ2v) is 4.13. The number of likely N-dealkylation sites (N-methyl/N-ethyl adjacent to an activating group) is 2. The monoisotopic (exact) mass is 157 g/mol. The van der Waals surface area contributed by atoms with Crippen LogP contribution in [-0.2, 0) is 0 Å². The van der Waals surface area contributed by atoms with Crippen molar-refractivity contribution >= 4 is 0 Å². The number of hydrogen-bond acceptors (Lipinski definition) is 3. The SMILES string of the molecule is CN1CCN(C)CC(C)(N)C1. The molecule has 66 valence electrons. The summed E-state index contributed by atoms with van der Waals surface area (Å²) in [5.41, 5.74) is 6.03. The molecule has 3 heteroatoms. The summed E-state index contributed by atoms with van der Waals surface area (Å²) >= 11 is 0. The molecule has 0 aromatic carbocycles. The lowest BCUT2D eigenvalue weighted by Crippen LogP contribution is -2.50. The molecule has 0 atom stereocenters. The first-order valence-electron chi connectivity index (χ1n) is 4.16. The van der Waals surface area contributed by atoms with Crippen LogP contribution in [0.2, 0.25) is 0 Å². The molecule has 1 fully saturated rings. The largest absolute Gasteiger partial charge is 0.323 e. The van der Waals surface area contributed by atoms with Gasteiger partial charge < -0.3 is 15.5 Å². The van der Waals surface area contributed by atoms with E-state index in [1.54, 1.807) is 0 Å². The molecule has 1 heterocycles. The molecule has 3 nitrogen and oxygen atoms in total. The third-order valence-corrected chi connectivity index (χ3v) is 2.13. The molecule has 0 aromatic heterocycles. The predicted molar refractivity (Wildman–Crippen MR) is 47.6 cm³/mol. The molecule has 0 saturated carbocycles. The predicted octanol–water partition coefficient (Wildman–Crippen LogP) is -0.419. The van der Waals surface area contributed by atoms with E-state index in [0.717, 1.165) is 26.2 Å². The van der Waals surface area contributed by atoms with E-state index in [4.69, 9.17) is 5.73 Å². The van der Waals surface area contributed by atoms with Gasteiger partial charge in [0.15, 0.2) is 0 Å². The molecule has 11 heavy (non-hydrogen) atoms. The Balaban J connectivity index is 2.55. The lowest BCUT2D eigenvalue weighted by Gasteiger charge is -2.27. The van der Waals surface area contributed by atoms with Gasteiger partial charge in [-0.2, -0.15) is 0 Å². The lowest BCUT2D eigenvalue weighted by molar-refractivity contribution is 0.277. The van der Waals surface area contributed by atoms with Crippen LogP contribution in [-0.4, -0.2) is 55.6 Å². The standard InChI is InChI=1S/C8H19N3/c1-8(9)6-10(2)4-5-11(3)7-8/h4-7,9H2,1-3H3. The quantitative estimate of drug-likeness (QED) is 0.518. The second-order valence-electron chi connectivity index (χ2n) is 4.13. The van der Waals surface area contributed by atoms with Crippen LogP contribution >= 0.6 is 0 Å². The van der Waals surface area contributed by atoms with Crippen LogP contribution in [0.15, 0.2) is 0 Å². The summed E-state index contributed by atoms with van der Waals surface area (Å²) in [4.78, 5) is 4.59. The lowest BCUT2D eigenvalue weighted by atomic mass is 10.0. The van der Waals surface area contributed by atoms with E-state index in [2.05, 4.69) is 30.8 Å². The van der Waals surface area contributed by atoms with Crippen LogP contribution in [0.1, 0.15) is 6.92 Å². The van der Waals surface area contributed by atoms with Gasteiger partial charge in [-0.1, -0.05) is 0 Å². The van der Waals surface area contributed by atoms with Gasteiger partial charge in [-0.05, 0) is 21.0 Å². The first-order chi connectivity index (χ1) is 4.99. The first-order valence-corrected chi connectivity index (χ1v) is 4.16.